The maximum atomic E-state index is 7.57. The van der Waals surface area contributed by atoms with Gasteiger partial charge in [0, 0.05) is 37.6 Å². The highest BCUT2D eigenvalue weighted by molar-refractivity contribution is 8.05. The van der Waals surface area contributed by atoms with Crippen molar-refractivity contribution in [1.29, 1.82) is 5.41 Å². The highest BCUT2D eigenvalue weighted by Gasteiger charge is 2.16. The van der Waals surface area contributed by atoms with E-state index in [0.717, 1.165) is 41.1 Å². The Labute approximate surface area is 210 Å². The van der Waals surface area contributed by atoms with Crippen LogP contribution in [0.3, 0.4) is 0 Å². The number of nitrogens with zero attached hydrogens (tertiary/aromatic N) is 2. The van der Waals surface area contributed by atoms with E-state index in [9.17, 15) is 0 Å². The summed E-state index contributed by atoms with van der Waals surface area (Å²) in [4.78, 5) is 10.00. The largest absolute Gasteiger partial charge is 0.439 e. The summed E-state index contributed by atoms with van der Waals surface area (Å²) in [6, 6.07) is 16.2. The van der Waals surface area contributed by atoms with Crippen LogP contribution in [0.5, 0.6) is 11.6 Å². The van der Waals surface area contributed by atoms with Crippen LogP contribution in [0, 0.1) is 19.3 Å². The smallest absolute Gasteiger partial charge is 0.237 e. The predicted molar refractivity (Wildman–Crippen MR) is 142 cm³/mol. The number of morpholine rings is 1. The average Bonchev–Trinajstić information content (AvgIpc) is 2.87. The van der Waals surface area contributed by atoms with E-state index in [2.05, 4.69) is 46.3 Å². The van der Waals surface area contributed by atoms with Crippen molar-refractivity contribution in [3.63, 3.8) is 0 Å². The van der Waals surface area contributed by atoms with E-state index in [4.69, 9.17) is 19.9 Å². The van der Waals surface area contributed by atoms with Crippen LogP contribution in [0.4, 0.5) is 5.95 Å². The monoisotopic (exact) mass is 490 g/mol. The van der Waals surface area contributed by atoms with Crippen molar-refractivity contribution in [2.45, 2.75) is 19.9 Å². The summed E-state index contributed by atoms with van der Waals surface area (Å²) in [5.41, 5.74) is 5.21. The van der Waals surface area contributed by atoms with Crippen molar-refractivity contribution < 1.29 is 9.47 Å². The molecule has 1 aliphatic heterocycles. The number of rotatable bonds is 9. The third-order valence-electron chi connectivity index (χ3n) is 5.56. The highest BCUT2D eigenvalue weighted by atomic mass is 32.2. The lowest BCUT2D eigenvalue weighted by Gasteiger charge is -2.24. The number of aryl methyl sites for hydroxylation is 2. The first kappa shape index (κ1) is 24.7. The number of anilines is 1. The minimum atomic E-state index is 0.189. The molecule has 0 spiro atoms. The normalized spacial score (nSPS) is 16.0. The van der Waals surface area contributed by atoms with Crippen molar-refractivity contribution in [3.8, 4) is 22.9 Å². The molecule has 2 aromatic carbocycles. The number of aromatic nitrogens is 2. The zero-order chi connectivity index (χ0) is 24.6. The first-order chi connectivity index (χ1) is 17.1. The molecule has 4 rings (SSSR count). The lowest BCUT2D eigenvalue weighted by molar-refractivity contribution is 0.0769. The molecule has 0 aliphatic carbocycles. The molecular formula is C26H30N6O2S. The summed E-state index contributed by atoms with van der Waals surface area (Å²) in [6.07, 6.45) is 2.99. The van der Waals surface area contributed by atoms with Gasteiger partial charge in [-0.2, -0.15) is 4.98 Å². The van der Waals surface area contributed by atoms with Gasteiger partial charge in [0.2, 0.25) is 11.8 Å². The second-order valence-electron chi connectivity index (χ2n) is 8.12. The second-order valence-corrected chi connectivity index (χ2v) is 9.00. The van der Waals surface area contributed by atoms with E-state index in [-0.39, 0.29) is 6.04 Å². The second kappa shape index (κ2) is 11.8. The molecule has 0 saturated carbocycles. The zero-order valence-electron chi connectivity index (χ0n) is 20.1. The van der Waals surface area contributed by atoms with Crippen molar-refractivity contribution in [2.24, 2.45) is 0 Å². The Morgan fingerprint density at radius 1 is 1.17 bits per heavy atom. The van der Waals surface area contributed by atoms with Gasteiger partial charge >= 0.3 is 0 Å². The van der Waals surface area contributed by atoms with Crippen LogP contribution in [0.25, 0.3) is 11.3 Å². The van der Waals surface area contributed by atoms with Gasteiger partial charge in [-0.25, -0.2) is 4.98 Å². The predicted octanol–water partition coefficient (Wildman–Crippen LogP) is 4.98. The minimum absolute atomic E-state index is 0.189. The first-order valence-electron chi connectivity index (χ1n) is 11.4. The molecular weight excluding hydrogens is 460 g/mol. The molecule has 2 heterocycles. The van der Waals surface area contributed by atoms with E-state index >= 15 is 0 Å². The Morgan fingerprint density at radius 2 is 1.94 bits per heavy atom. The topological polar surface area (TPSA) is 104 Å². The van der Waals surface area contributed by atoms with Gasteiger partial charge in [-0.3, -0.25) is 4.72 Å². The Kier molecular flexibility index (Phi) is 8.36. The molecule has 1 saturated heterocycles. The fourth-order valence-corrected chi connectivity index (χ4v) is 4.42. The average molecular weight is 491 g/mol. The summed E-state index contributed by atoms with van der Waals surface area (Å²) < 4.78 is 14.9. The van der Waals surface area contributed by atoms with E-state index in [0.29, 0.717) is 29.1 Å². The maximum absolute atomic E-state index is 7.57. The summed E-state index contributed by atoms with van der Waals surface area (Å²) in [5.74, 6) is 1.52. The zero-order valence-corrected chi connectivity index (χ0v) is 20.9. The number of hydrogen-bond acceptors (Lipinski definition) is 9. The SMILES string of the molecule is CN/C=C(\C=N)SNc1nc(Oc2ccc(C3COCCN3)cc2)cc(-c2c(C)cccc2C)n1. The quantitative estimate of drug-likeness (QED) is 0.246. The Morgan fingerprint density at radius 3 is 2.60 bits per heavy atom. The van der Waals surface area contributed by atoms with Crippen molar-refractivity contribution in [3.05, 3.63) is 76.3 Å². The van der Waals surface area contributed by atoms with Crippen LogP contribution in [-0.2, 0) is 4.74 Å². The molecule has 1 atom stereocenters. The van der Waals surface area contributed by atoms with Gasteiger partial charge in [-0.1, -0.05) is 30.3 Å². The van der Waals surface area contributed by atoms with E-state index < -0.39 is 0 Å². The number of ether oxygens (including phenoxy) is 2. The third kappa shape index (κ3) is 6.39. The van der Waals surface area contributed by atoms with Gasteiger partial charge in [0.05, 0.1) is 29.9 Å². The van der Waals surface area contributed by atoms with E-state index in [1.54, 1.807) is 13.2 Å². The Hall–Kier alpha value is -3.40. The van der Waals surface area contributed by atoms with Gasteiger partial charge in [-0.05, 0) is 54.6 Å². The van der Waals surface area contributed by atoms with Crippen molar-refractivity contribution >= 4 is 24.1 Å². The highest BCUT2D eigenvalue weighted by Crippen LogP contribution is 2.31. The Bertz CT molecular complexity index is 1170. The third-order valence-corrected chi connectivity index (χ3v) is 6.31. The van der Waals surface area contributed by atoms with Gasteiger partial charge in [0.25, 0.3) is 0 Å². The first-order valence-corrected chi connectivity index (χ1v) is 12.2. The summed E-state index contributed by atoms with van der Waals surface area (Å²) in [7, 11) is 1.79. The molecule has 0 amide bonds. The fraction of sp³-hybridized carbons (Fsp3) is 0.269. The number of benzene rings is 2. The van der Waals surface area contributed by atoms with Crippen LogP contribution in [0.15, 0.2) is 59.6 Å². The standard InChI is InChI=1S/C26H30N6O2S/c1-17-5-4-6-18(2)25(17)22-13-24(31-26(30-22)32-35-21(14-27)15-28-3)34-20-9-7-19(8-10-20)23-16-33-12-11-29-23/h4-10,13-15,23,27-29H,11-12,16H2,1-3H3,(H,30,31,32)/b21-15+,27-14?. The van der Waals surface area contributed by atoms with Crippen molar-refractivity contribution in [1.82, 2.24) is 20.6 Å². The summed E-state index contributed by atoms with van der Waals surface area (Å²) in [5, 5.41) is 14.0. The lowest BCUT2D eigenvalue weighted by Crippen LogP contribution is -2.34. The van der Waals surface area contributed by atoms with Crippen molar-refractivity contribution in [2.75, 3.05) is 31.5 Å². The summed E-state index contributed by atoms with van der Waals surface area (Å²) in [6.45, 7) is 6.39. The van der Waals surface area contributed by atoms with Crippen LogP contribution in [0.1, 0.15) is 22.7 Å². The fourth-order valence-electron chi connectivity index (χ4n) is 3.89. The van der Waals surface area contributed by atoms with Gasteiger partial charge in [0.1, 0.15) is 5.75 Å². The van der Waals surface area contributed by atoms with Crippen LogP contribution >= 0.6 is 11.9 Å². The molecule has 0 radical (unpaired) electrons. The van der Waals surface area contributed by atoms with Crippen LogP contribution in [0.2, 0.25) is 0 Å². The van der Waals surface area contributed by atoms with E-state index in [1.165, 1.54) is 18.2 Å². The molecule has 8 nitrogen and oxygen atoms in total. The number of allylic oxidation sites excluding steroid dienone is 1. The van der Waals surface area contributed by atoms with Gasteiger partial charge in [-0.15, -0.1) is 0 Å². The Balaban J connectivity index is 1.62. The molecule has 1 aromatic heterocycles. The molecule has 35 heavy (non-hydrogen) atoms. The van der Waals surface area contributed by atoms with E-state index in [1.807, 2.05) is 36.4 Å². The molecule has 0 bridgehead atoms. The van der Waals surface area contributed by atoms with Gasteiger partial charge in [0.15, 0.2) is 0 Å². The molecule has 9 heteroatoms. The molecule has 182 valence electrons. The number of nitrogens with one attached hydrogen (secondary N) is 4. The maximum Gasteiger partial charge on any atom is 0.237 e. The van der Waals surface area contributed by atoms with Gasteiger partial charge < -0.3 is 25.5 Å². The number of hydrogen-bond donors (Lipinski definition) is 4. The molecule has 1 aliphatic rings. The molecule has 1 fully saturated rings. The molecule has 3 aromatic rings. The molecule has 4 N–H and O–H groups in total. The van der Waals surface area contributed by atoms with Crippen LogP contribution < -0.4 is 20.1 Å². The summed E-state index contributed by atoms with van der Waals surface area (Å²) >= 11 is 1.25. The lowest BCUT2D eigenvalue weighted by atomic mass is 10.00. The minimum Gasteiger partial charge on any atom is -0.439 e. The molecule has 1 unspecified atom stereocenters. The van der Waals surface area contributed by atoms with Crippen LogP contribution in [-0.4, -0.2) is 43.0 Å².